The van der Waals surface area contributed by atoms with Crippen LogP contribution in [0.3, 0.4) is 0 Å². The first kappa shape index (κ1) is 17.7. The molecule has 1 aliphatic heterocycles. The number of ether oxygens (including phenoxy) is 1. The lowest BCUT2D eigenvalue weighted by Gasteiger charge is -2.16. The number of nitrogens with zero attached hydrogens (tertiary/aromatic N) is 1. The molecule has 26 heavy (non-hydrogen) atoms. The Hall–Kier alpha value is -3.08. The minimum absolute atomic E-state index is 0.0257. The first-order valence-corrected chi connectivity index (χ1v) is 8.46. The van der Waals surface area contributed by atoms with Crippen molar-refractivity contribution in [3.8, 4) is 5.75 Å². The van der Waals surface area contributed by atoms with Crippen molar-refractivity contribution in [3.63, 3.8) is 0 Å². The van der Waals surface area contributed by atoms with E-state index in [2.05, 4.69) is 0 Å². The highest BCUT2D eigenvalue weighted by molar-refractivity contribution is 6.45. The van der Waals surface area contributed by atoms with Gasteiger partial charge in [0, 0.05) is 0 Å². The van der Waals surface area contributed by atoms with E-state index in [0.717, 1.165) is 16.0 Å². The quantitative estimate of drug-likeness (QED) is 0.848. The highest BCUT2D eigenvalue weighted by Gasteiger charge is 2.40. The minimum Gasteiger partial charge on any atom is -0.502 e. The first-order chi connectivity index (χ1) is 12.3. The standard InChI is InChI=1S/C21H21NO4/c1-12(2)26-16-8-6-15(7-9-16)22-20(24)18(19(23)21(22)25)17-10-5-13(3)11-14(17)4/h5-12,23H,1-4H3. The van der Waals surface area contributed by atoms with Crippen molar-refractivity contribution < 1.29 is 19.4 Å². The number of aliphatic hydroxyl groups excluding tert-OH is 1. The topological polar surface area (TPSA) is 66.8 Å². The van der Waals surface area contributed by atoms with Crippen molar-refractivity contribution in [2.45, 2.75) is 33.8 Å². The predicted octanol–water partition coefficient (Wildman–Crippen LogP) is 3.93. The molecular formula is C21H21NO4. The molecule has 5 heteroatoms. The smallest absolute Gasteiger partial charge is 0.301 e. The normalized spacial score (nSPS) is 14.6. The molecule has 2 aromatic rings. The van der Waals surface area contributed by atoms with Gasteiger partial charge >= 0.3 is 5.91 Å². The summed E-state index contributed by atoms with van der Waals surface area (Å²) in [5.41, 5.74) is 2.86. The number of rotatable bonds is 4. The van der Waals surface area contributed by atoms with Crippen LogP contribution in [0.25, 0.3) is 5.57 Å². The number of amides is 2. The summed E-state index contributed by atoms with van der Waals surface area (Å²) >= 11 is 0. The number of carbonyl (C=O) groups is 2. The summed E-state index contributed by atoms with van der Waals surface area (Å²) in [6.07, 6.45) is 0.0257. The molecule has 0 saturated carbocycles. The molecule has 0 saturated heterocycles. The summed E-state index contributed by atoms with van der Waals surface area (Å²) in [7, 11) is 0. The SMILES string of the molecule is Cc1ccc(C2=C(O)C(=O)N(c3ccc(OC(C)C)cc3)C2=O)c(C)c1. The largest absolute Gasteiger partial charge is 0.502 e. The zero-order valence-electron chi connectivity index (χ0n) is 15.2. The zero-order valence-corrected chi connectivity index (χ0v) is 15.2. The zero-order chi connectivity index (χ0) is 19.0. The van der Waals surface area contributed by atoms with Crippen molar-refractivity contribution in [1.29, 1.82) is 0 Å². The molecule has 0 bridgehead atoms. The minimum atomic E-state index is -0.720. The van der Waals surface area contributed by atoms with E-state index in [1.165, 1.54) is 0 Å². The number of hydrogen-bond donors (Lipinski definition) is 1. The van der Waals surface area contributed by atoms with E-state index >= 15 is 0 Å². The maximum absolute atomic E-state index is 12.9. The van der Waals surface area contributed by atoms with Crippen molar-refractivity contribution in [2.75, 3.05) is 4.90 Å². The van der Waals surface area contributed by atoms with Crippen LogP contribution >= 0.6 is 0 Å². The highest BCUT2D eigenvalue weighted by atomic mass is 16.5. The Balaban J connectivity index is 1.95. The Bertz CT molecular complexity index is 910. The Morgan fingerprint density at radius 3 is 2.19 bits per heavy atom. The van der Waals surface area contributed by atoms with Gasteiger partial charge in [-0.25, -0.2) is 4.90 Å². The molecule has 1 N–H and O–H groups in total. The summed E-state index contributed by atoms with van der Waals surface area (Å²) in [6.45, 7) is 7.62. The third kappa shape index (κ3) is 3.08. The molecule has 134 valence electrons. The van der Waals surface area contributed by atoms with Gasteiger partial charge in [0.25, 0.3) is 5.91 Å². The summed E-state index contributed by atoms with van der Waals surface area (Å²) < 4.78 is 5.58. The number of hydrogen-bond acceptors (Lipinski definition) is 4. The molecule has 0 atom stereocenters. The van der Waals surface area contributed by atoms with Gasteiger partial charge in [0.2, 0.25) is 0 Å². The van der Waals surface area contributed by atoms with Gasteiger partial charge in [-0.05, 0) is 63.1 Å². The second kappa shape index (κ2) is 6.67. The van der Waals surface area contributed by atoms with E-state index in [-0.39, 0.29) is 11.7 Å². The maximum atomic E-state index is 12.9. The molecule has 0 radical (unpaired) electrons. The van der Waals surface area contributed by atoms with Gasteiger partial charge in [-0.1, -0.05) is 23.8 Å². The third-order valence-electron chi connectivity index (χ3n) is 4.18. The second-order valence-corrected chi connectivity index (χ2v) is 6.65. The van der Waals surface area contributed by atoms with Crippen molar-refractivity contribution in [2.24, 2.45) is 0 Å². The molecular weight excluding hydrogens is 330 g/mol. The van der Waals surface area contributed by atoms with Gasteiger partial charge in [-0.2, -0.15) is 0 Å². The Kier molecular flexibility index (Phi) is 4.55. The molecule has 3 rings (SSSR count). The fourth-order valence-corrected chi connectivity index (χ4v) is 3.04. The highest BCUT2D eigenvalue weighted by Crippen LogP contribution is 2.34. The van der Waals surface area contributed by atoms with E-state index in [0.29, 0.717) is 17.0 Å². The van der Waals surface area contributed by atoms with Crippen LogP contribution in [0.15, 0.2) is 48.2 Å². The van der Waals surface area contributed by atoms with Crippen LogP contribution in [0.5, 0.6) is 5.75 Å². The van der Waals surface area contributed by atoms with E-state index in [4.69, 9.17) is 4.74 Å². The van der Waals surface area contributed by atoms with Crippen LogP contribution < -0.4 is 9.64 Å². The fourth-order valence-electron chi connectivity index (χ4n) is 3.04. The molecule has 0 fully saturated rings. The Morgan fingerprint density at radius 2 is 1.62 bits per heavy atom. The number of aryl methyl sites for hydroxylation is 2. The lowest BCUT2D eigenvalue weighted by molar-refractivity contribution is -0.121. The molecule has 5 nitrogen and oxygen atoms in total. The maximum Gasteiger partial charge on any atom is 0.301 e. The fraction of sp³-hybridized carbons (Fsp3) is 0.238. The van der Waals surface area contributed by atoms with Crippen LogP contribution in [0.1, 0.15) is 30.5 Å². The summed E-state index contributed by atoms with van der Waals surface area (Å²) in [4.78, 5) is 26.4. The number of carbonyl (C=O) groups excluding carboxylic acids is 2. The predicted molar refractivity (Wildman–Crippen MR) is 100 cm³/mol. The average Bonchev–Trinajstić information content (AvgIpc) is 2.78. The second-order valence-electron chi connectivity index (χ2n) is 6.65. The molecule has 0 unspecified atom stereocenters. The van der Waals surface area contributed by atoms with Crippen LogP contribution in [-0.2, 0) is 9.59 Å². The summed E-state index contributed by atoms with van der Waals surface area (Å²) in [5, 5.41) is 10.3. The van der Waals surface area contributed by atoms with Crippen molar-refractivity contribution in [1.82, 2.24) is 0 Å². The van der Waals surface area contributed by atoms with E-state index in [9.17, 15) is 14.7 Å². The third-order valence-corrected chi connectivity index (χ3v) is 4.18. The van der Waals surface area contributed by atoms with E-state index < -0.39 is 17.6 Å². The first-order valence-electron chi connectivity index (χ1n) is 8.46. The van der Waals surface area contributed by atoms with Crippen molar-refractivity contribution >= 4 is 23.1 Å². The Morgan fingerprint density at radius 1 is 0.962 bits per heavy atom. The van der Waals surface area contributed by atoms with Crippen LogP contribution in [0, 0.1) is 13.8 Å². The average molecular weight is 351 g/mol. The van der Waals surface area contributed by atoms with Gasteiger partial charge in [-0.3, -0.25) is 9.59 Å². The van der Waals surface area contributed by atoms with Crippen molar-refractivity contribution in [3.05, 3.63) is 64.9 Å². The lowest BCUT2D eigenvalue weighted by atomic mass is 9.98. The molecule has 0 aliphatic carbocycles. The van der Waals surface area contributed by atoms with Gasteiger partial charge in [0.05, 0.1) is 17.4 Å². The molecule has 1 heterocycles. The number of benzene rings is 2. The van der Waals surface area contributed by atoms with Crippen LogP contribution in [0.2, 0.25) is 0 Å². The van der Waals surface area contributed by atoms with E-state index in [1.54, 1.807) is 30.3 Å². The van der Waals surface area contributed by atoms with Crippen LogP contribution in [0.4, 0.5) is 5.69 Å². The number of aliphatic hydroxyl groups is 1. The molecule has 0 aromatic heterocycles. The molecule has 1 aliphatic rings. The number of imide groups is 1. The lowest BCUT2D eigenvalue weighted by Crippen LogP contribution is -2.31. The van der Waals surface area contributed by atoms with Crippen LogP contribution in [-0.4, -0.2) is 23.0 Å². The van der Waals surface area contributed by atoms with Gasteiger partial charge in [0.1, 0.15) is 5.75 Å². The van der Waals surface area contributed by atoms with Gasteiger partial charge < -0.3 is 9.84 Å². The summed E-state index contributed by atoms with van der Waals surface area (Å²) in [6, 6.07) is 12.2. The molecule has 0 spiro atoms. The van der Waals surface area contributed by atoms with Gasteiger partial charge in [-0.15, -0.1) is 0 Å². The molecule has 2 amide bonds. The molecule has 2 aromatic carbocycles. The monoisotopic (exact) mass is 351 g/mol. The van der Waals surface area contributed by atoms with Gasteiger partial charge in [0.15, 0.2) is 5.76 Å². The van der Waals surface area contributed by atoms with E-state index in [1.807, 2.05) is 39.8 Å². The Labute approximate surface area is 152 Å². The number of anilines is 1. The summed E-state index contributed by atoms with van der Waals surface area (Å²) in [5.74, 6) is -1.13.